The van der Waals surface area contributed by atoms with Gasteiger partial charge >= 0.3 is 0 Å². The molecule has 0 spiro atoms. The smallest absolute Gasteiger partial charge is 0.214 e. The predicted octanol–water partition coefficient (Wildman–Crippen LogP) is 0.572. The van der Waals surface area contributed by atoms with E-state index in [4.69, 9.17) is 0 Å². The van der Waals surface area contributed by atoms with Crippen molar-refractivity contribution >= 4 is 26.9 Å². The number of aromatic amines is 1. The lowest BCUT2D eigenvalue weighted by molar-refractivity contribution is 0.362. The SMILES string of the molecule is O=S1(=O)CCCN1C1CCN(c2ncnc3[nH]ccc23)C1. The highest BCUT2D eigenvalue weighted by atomic mass is 32.2. The fourth-order valence-corrected chi connectivity index (χ4v) is 5.11. The van der Waals surface area contributed by atoms with Gasteiger partial charge in [-0.1, -0.05) is 0 Å². The molecule has 2 fully saturated rings. The number of hydrogen-bond acceptors (Lipinski definition) is 5. The lowest BCUT2D eigenvalue weighted by Gasteiger charge is -2.23. The van der Waals surface area contributed by atoms with Crippen LogP contribution in [0.2, 0.25) is 0 Å². The Labute approximate surface area is 123 Å². The van der Waals surface area contributed by atoms with Crippen molar-refractivity contribution in [2.75, 3.05) is 30.3 Å². The third-order valence-corrected chi connectivity index (χ3v) is 6.34. The molecule has 2 aromatic heterocycles. The van der Waals surface area contributed by atoms with E-state index in [2.05, 4.69) is 19.9 Å². The average Bonchev–Trinajstić information content (AvgIpc) is 3.15. The number of hydrogen-bond donors (Lipinski definition) is 1. The van der Waals surface area contributed by atoms with Crippen LogP contribution in [-0.4, -0.2) is 59.1 Å². The standard InChI is InChI=1S/C13H17N5O2S/c19-21(20)7-1-5-18(21)10-3-6-17(8-10)13-11-2-4-14-12(11)15-9-16-13/h2,4,9-10H,1,3,5-8H2,(H,14,15,16). The second-order valence-electron chi connectivity index (χ2n) is 5.61. The van der Waals surface area contributed by atoms with Gasteiger partial charge in [-0.05, 0) is 18.9 Å². The fraction of sp³-hybridized carbons (Fsp3) is 0.538. The minimum absolute atomic E-state index is 0.0708. The van der Waals surface area contributed by atoms with E-state index in [1.165, 1.54) is 0 Å². The van der Waals surface area contributed by atoms with Crippen molar-refractivity contribution in [3.63, 3.8) is 0 Å². The highest BCUT2D eigenvalue weighted by Crippen LogP contribution is 2.29. The molecule has 4 heterocycles. The fourth-order valence-electron chi connectivity index (χ4n) is 3.35. The third kappa shape index (κ3) is 2.09. The van der Waals surface area contributed by atoms with Gasteiger partial charge in [-0.15, -0.1) is 0 Å². The Bertz CT molecular complexity index is 772. The molecule has 0 radical (unpaired) electrons. The first-order valence-corrected chi connectivity index (χ1v) is 8.79. The maximum Gasteiger partial charge on any atom is 0.214 e. The number of H-pyrrole nitrogens is 1. The van der Waals surface area contributed by atoms with Gasteiger partial charge in [0.15, 0.2) is 0 Å². The molecule has 1 atom stereocenters. The Morgan fingerprint density at radius 1 is 1.29 bits per heavy atom. The largest absolute Gasteiger partial charge is 0.354 e. The van der Waals surface area contributed by atoms with Crippen LogP contribution in [0.15, 0.2) is 18.6 Å². The zero-order valence-corrected chi connectivity index (χ0v) is 12.4. The number of fused-ring (bicyclic) bond motifs is 1. The lowest BCUT2D eigenvalue weighted by atomic mass is 10.2. The van der Waals surface area contributed by atoms with Crippen LogP contribution < -0.4 is 4.90 Å². The minimum atomic E-state index is -3.04. The van der Waals surface area contributed by atoms with Crippen molar-refractivity contribution < 1.29 is 8.42 Å². The normalized spacial score (nSPS) is 25.9. The predicted molar refractivity (Wildman–Crippen MR) is 79.6 cm³/mol. The number of nitrogens with one attached hydrogen (secondary N) is 1. The van der Waals surface area contributed by atoms with Crippen LogP contribution >= 0.6 is 0 Å². The van der Waals surface area contributed by atoms with Crippen molar-refractivity contribution in [1.82, 2.24) is 19.3 Å². The molecule has 7 nitrogen and oxygen atoms in total. The lowest BCUT2D eigenvalue weighted by Crippen LogP contribution is -2.38. The van der Waals surface area contributed by atoms with Crippen molar-refractivity contribution in [3.05, 3.63) is 18.6 Å². The van der Waals surface area contributed by atoms with E-state index in [1.54, 1.807) is 10.6 Å². The third-order valence-electron chi connectivity index (χ3n) is 4.34. The highest BCUT2D eigenvalue weighted by Gasteiger charge is 2.38. The number of aromatic nitrogens is 3. The summed E-state index contributed by atoms with van der Waals surface area (Å²) in [6.45, 7) is 2.19. The molecule has 2 aliphatic heterocycles. The van der Waals surface area contributed by atoms with Gasteiger partial charge in [0.25, 0.3) is 0 Å². The Hall–Kier alpha value is -1.67. The van der Waals surface area contributed by atoms with Crippen LogP contribution in [-0.2, 0) is 10.0 Å². The zero-order chi connectivity index (χ0) is 14.4. The van der Waals surface area contributed by atoms with Gasteiger partial charge in [0, 0.05) is 31.9 Å². The molecule has 2 aromatic rings. The molecule has 0 bridgehead atoms. The molecule has 0 aromatic carbocycles. The van der Waals surface area contributed by atoms with E-state index >= 15 is 0 Å². The molecule has 1 unspecified atom stereocenters. The van der Waals surface area contributed by atoms with E-state index in [-0.39, 0.29) is 6.04 Å². The second kappa shape index (κ2) is 4.67. The molecular weight excluding hydrogens is 290 g/mol. The molecule has 21 heavy (non-hydrogen) atoms. The number of nitrogens with zero attached hydrogens (tertiary/aromatic N) is 4. The summed E-state index contributed by atoms with van der Waals surface area (Å²) in [6, 6.07) is 2.03. The summed E-state index contributed by atoms with van der Waals surface area (Å²) in [5.74, 6) is 1.18. The second-order valence-corrected chi connectivity index (χ2v) is 7.65. The zero-order valence-electron chi connectivity index (χ0n) is 11.6. The van der Waals surface area contributed by atoms with Crippen molar-refractivity contribution in [2.45, 2.75) is 18.9 Å². The molecule has 1 N–H and O–H groups in total. The Morgan fingerprint density at radius 2 is 2.19 bits per heavy atom. The number of sulfonamides is 1. The van der Waals surface area contributed by atoms with Gasteiger partial charge in [-0.3, -0.25) is 0 Å². The molecule has 4 rings (SSSR count). The number of rotatable bonds is 2. The van der Waals surface area contributed by atoms with Crippen molar-refractivity contribution in [2.24, 2.45) is 0 Å². The summed E-state index contributed by atoms with van der Waals surface area (Å²) in [5, 5.41) is 0.988. The summed E-state index contributed by atoms with van der Waals surface area (Å²) in [7, 11) is -3.04. The Morgan fingerprint density at radius 3 is 3.00 bits per heavy atom. The Kier molecular flexibility index (Phi) is 2.90. The first kappa shape index (κ1) is 13.0. The minimum Gasteiger partial charge on any atom is -0.354 e. The molecule has 8 heteroatoms. The van der Waals surface area contributed by atoms with Crippen molar-refractivity contribution in [3.8, 4) is 0 Å². The monoisotopic (exact) mass is 307 g/mol. The summed E-state index contributed by atoms with van der Waals surface area (Å²) in [5.41, 5.74) is 0.817. The maximum atomic E-state index is 12.0. The van der Waals surface area contributed by atoms with E-state index < -0.39 is 10.0 Å². The first-order chi connectivity index (χ1) is 10.1. The molecule has 0 saturated carbocycles. The number of anilines is 1. The molecule has 2 aliphatic rings. The summed E-state index contributed by atoms with van der Waals surface area (Å²) in [4.78, 5) is 13.8. The van der Waals surface area contributed by atoms with Gasteiger partial charge < -0.3 is 9.88 Å². The molecular formula is C13H17N5O2S. The van der Waals surface area contributed by atoms with Crippen LogP contribution in [0.1, 0.15) is 12.8 Å². The molecule has 2 saturated heterocycles. The molecule has 0 amide bonds. The summed E-state index contributed by atoms with van der Waals surface area (Å²) in [6.07, 6.45) is 5.00. The average molecular weight is 307 g/mol. The molecule has 112 valence electrons. The van der Waals surface area contributed by atoms with Crippen LogP contribution in [0.4, 0.5) is 5.82 Å². The summed E-state index contributed by atoms with van der Waals surface area (Å²) < 4.78 is 25.8. The topological polar surface area (TPSA) is 82.2 Å². The van der Waals surface area contributed by atoms with Gasteiger partial charge in [0.2, 0.25) is 10.0 Å². The van der Waals surface area contributed by atoms with Gasteiger partial charge in [0.05, 0.1) is 11.1 Å². The first-order valence-electron chi connectivity index (χ1n) is 7.18. The van der Waals surface area contributed by atoms with Crippen LogP contribution in [0.3, 0.4) is 0 Å². The maximum absolute atomic E-state index is 12.0. The van der Waals surface area contributed by atoms with Gasteiger partial charge in [-0.25, -0.2) is 18.4 Å². The van der Waals surface area contributed by atoms with E-state index in [0.29, 0.717) is 18.8 Å². The van der Waals surface area contributed by atoms with E-state index in [0.717, 1.165) is 36.2 Å². The Balaban J connectivity index is 1.61. The van der Waals surface area contributed by atoms with Gasteiger partial charge in [-0.2, -0.15) is 4.31 Å². The van der Waals surface area contributed by atoms with Gasteiger partial charge in [0.1, 0.15) is 17.8 Å². The van der Waals surface area contributed by atoms with Crippen LogP contribution in [0.5, 0.6) is 0 Å². The molecule has 0 aliphatic carbocycles. The quantitative estimate of drug-likeness (QED) is 0.877. The van der Waals surface area contributed by atoms with E-state index in [9.17, 15) is 8.42 Å². The summed E-state index contributed by atoms with van der Waals surface area (Å²) >= 11 is 0. The highest BCUT2D eigenvalue weighted by molar-refractivity contribution is 7.89. The van der Waals surface area contributed by atoms with E-state index in [1.807, 2.05) is 12.3 Å². The van der Waals surface area contributed by atoms with Crippen LogP contribution in [0, 0.1) is 0 Å². The van der Waals surface area contributed by atoms with Crippen molar-refractivity contribution in [1.29, 1.82) is 0 Å². The van der Waals surface area contributed by atoms with Crippen LogP contribution in [0.25, 0.3) is 11.0 Å².